The summed E-state index contributed by atoms with van der Waals surface area (Å²) < 4.78 is 5.88. The fourth-order valence-electron chi connectivity index (χ4n) is 5.40. The molecule has 6 heteroatoms. The minimum Gasteiger partial charge on any atom is -0.436 e. The first-order valence-corrected chi connectivity index (χ1v) is 13.3. The van der Waals surface area contributed by atoms with Crippen molar-refractivity contribution in [2.24, 2.45) is 11.8 Å². The van der Waals surface area contributed by atoms with Gasteiger partial charge >= 0.3 is 0 Å². The van der Waals surface area contributed by atoms with E-state index in [-0.39, 0.29) is 17.7 Å². The Kier molecular flexibility index (Phi) is 7.49. The van der Waals surface area contributed by atoms with Crippen LogP contribution in [-0.4, -0.2) is 41.3 Å². The van der Waals surface area contributed by atoms with E-state index in [0.29, 0.717) is 41.6 Å². The second kappa shape index (κ2) is 11.1. The molecule has 6 nitrogen and oxygen atoms in total. The summed E-state index contributed by atoms with van der Waals surface area (Å²) in [6.45, 7) is 4.09. The smallest absolute Gasteiger partial charge is 0.253 e. The van der Waals surface area contributed by atoms with E-state index in [9.17, 15) is 9.59 Å². The topological polar surface area (TPSA) is 75.4 Å². The Balaban J connectivity index is 1.14. The zero-order valence-corrected chi connectivity index (χ0v) is 21.0. The molecule has 1 atom stereocenters. The molecule has 0 radical (unpaired) electrons. The van der Waals surface area contributed by atoms with Gasteiger partial charge in [0.15, 0.2) is 5.58 Å². The van der Waals surface area contributed by atoms with Crippen LogP contribution in [-0.2, 0) is 4.79 Å². The van der Waals surface area contributed by atoms with E-state index in [4.69, 9.17) is 4.42 Å². The third-order valence-corrected chi connectivity index (χ3v) is 7.73. The second-order valence-corrected chi connectivity index (χ2v) is 10.1. The summed E-state index contributed by atoms with van der Waals surface area (Å²) in [4.78, 5) is 32.4. The summed E-state index contributed by atoms with van der Waals surface area (Å²) >= 11 is 0. The van der Waals surface area contributed by atoms with E-state index in [1.807, 2.05) is 60.4 Å². The molecule has 2 aliphatic rings. The van der Waals surface area contributed by atoms with Crippen molar-refractivity contribution in [2.45, 2.75) is 51.9 Å². The summed E-state index contributed by atoms with van der Waals surface area (Å²) in [7, 11) is 0. The number of aromatic nitrogens is 1. The van der Waals surface area contributed by atoms with Gasteiger partial charge in [-0.3, -0.25) is 9.59 Å². The molecule has 0 bridgehead atoms. The van der Waals surface area contributed by atoms with Crippen LogP contribution < -0.4 is 5.32 Å². The number of fused-ring (bicyclic) bond motifs is 1. The van der Waals surface area contributed by atoms with Crippen molar-refractivity contribution < 1.29 is 14.0 Å². The number of hydrogen-bond acceptors (Lipinski definition) is 4. The molecule has 188 valence electrons. The number of rotatable bonds is 7. The normalized spacial score (nSPS) is 17.6. The van der Waals surface area contributed by atoms with Gasteiger partial charge in [0.05, 0.1) is 0 Å². The Labute approximate surface area is 212 Å². The zero-order valence-electron chi connectivity index (χ0n) is 21.0. The number of carbonyl (C=O) groups excluding carboxylic acids is 2. The Morgan fingerprint density at radius 3 is 2.67 bits per heavy atom. The lowest BCUT2D eigenvalue weighted by molar-refractivity contribution is -0.126. The van der Waals surface area contributed by atoms with Crippen molar-refractivity contribution >= 4 is 22.9 Å². The lowest BCUT2D eigenvalue weighted by atomic mass is 9.84. The van der Waals surface area contributed by atoms with Gasteiger partial charge in [0.25, 0.3) is 5.91 Å². The number of benzene rings is 2. The maximum atomic E-state index is 13.2. The fraction of sp³-hybridized carbons (Fsp3) is 0.433. The van der Waals surface area contributed by atoms with Gasteiger partial charge in [0, 0.05) is 36.7 Å². The van der Waals surface area contributed by atoms with Gasteiger partial charge in [-0.25, -0.2) is 4.98 Å². The van der Waals surface area contributed by atoms with E-state index >= 15 is 0 Å². The summed E-state index contributed by atoms with van der Waals surface area (Å²) in [5.41, 5.74) is 4.37. The highest BCUT2D eigenvalue weighted by molar-refractivity contribution is 5.97. The minimum absolute atomic E-state index is 0.0115. The first-order valence-electron chi connectivity index (χ1n) is 13.3. The predicted molar refractivity (Wildman–Crippen MR) is 141 cm³/mol. The van der Waals surface area contributed by atoms with Crippen LogP contribution >= 0.6 is 0 Å². The molecule has 1 saturated heterocycles. The van der Waals surface area contributed by atoms with Crippen molar-refractivity contribution in [3.63, 3.8) is 0 Å². The molecule has 0 unspecified atom stereocenters. The molecule has 3 aromatic rings. The molecule has 2 aromatic carbocycles. The van der Waals surface area contributed by atoms with E-state index < -0.39 is 0 Å². The first kappa shape index (κ1) is 24.3. The van der Waals surface area contributed by atoms with Gasteiger partial charge in [0.1, 0.15) is 5.52 Å². The lowest BCUT2D eigenvalue weighted by Crippen LogP contribution is -2.42. The number of likely N-dealkylation sites (tertiary alicyclic amines) is 1. The fourth-order valence-corrected chi connectivity index (χ4v) is 5.40. The molecular formula is C30H35N3O3. The molecule has 0 saturated carbocycles. The van der Waals surface area contributed by atoms with Crippen molar-refractivity contribution in [2.75, 3.05) is 19.6 Å². The second-order valence-electron chi connectivity index (χ2n) is 10.1. The van der Waals surface area contributed by atoms with Gasteiger partial charge in [-0.2, -0.15) is 0 Å². The predicted octanol–water partition coefficient (Wildman–Crippen LogP) is 5.99. The molecule has 2 amide bonds. The van der Waals surface area contributed by atoms with Gasteiger partial charge in [0.2, 0.25) is 11.8 Å². The first-order chi connectivity index (χ1) is 17.6. The molecule has 1 aliphatic heterocycles. The molecule has 0 spiro atoms. The van der Waals surface area contributed by atoms with Gasteiger partial charge in [-0.15, -0.1) is 0 Å². The van der Waals surface area contributed by atoms with Crippen molar-refractivity contribution in [3.05, 3.63) is 65.7 Å². The van der Waals surface area contributed by atoms with Crippen LogP contribution in [0, 0.1) is 11.8 Å². The maximum absolute atomic E-state index is 13.2. The van der Waals surface area contributed by atoms with E-state index in [1.54, 1.807) is 0 Å². The highest BCUT2D eigenvalue weighted by Gasteiger charge is 2.30. The van der Waals surface area contributed by atoms with Crippen molar-refractivity contribution in [1.82, 2.24) is 15.2 Å². The number of amides is 2. The average Bonchev–Trinajstić information content (AvgIpc) is 3.37. The van der Waals surface area contributed by atoms with Crippen LogP contribution in [0.25, 0.3) is 22.6 Å². The molecule has 1 fully saturated rings. The Hall–Kier alpha value is -3.41. The third-order valence-electron chi connectivity index (χ3n) is 7.73. The number of allylic oxidation sites excluding steroid dienone is 1. The summed E-state index contributed by atoms with van der Waals surface area (Å²) in [5, 5.41) is 3.14. The quantitative estimate of drug-likeness (QED) is 0.417. The molecule has 5 rings (SSSR count). The van der Waals surface area contributed by atoms with Crippen LogP contribution in [0.15, 0.2) is 64.6 Å². The van der Waals surface area contributed by atoms with Crippen LogP contribution in [0.4, 0.5) is 0 Å². The zero-order chi connectivity index (χ0) is 24.9. The largest absolute Gasteiger partial charge is 0.436 e. The average molecular weight is 486 g/mol. The number of oxazole rings is 1. The number of carbonyl (C=O) groups is 2. The highest BCUT2D eigenvalue weighted by Crippen LogP contribution is 2.28. The Bertz CT molecular complexity index is 1240. The van der Waals surface area contributed by atoms with Crippen molar-refractivity contribution in [3.8, 4) is 11.5 Å². The highest BCUT2D eigenvalue weighted by atomic mass is 16.3. The number of hydrogen-bond donors (Lipinski definition) is 1. The van der Waals surface area contributed by atoms with Crippen LogP contribution in [0.5, 0.6) is 0 Å². The molecule has 36 heavy (non-hydrogen) atoms. The number of nitrogens with one attached hydrogen (secondary N) is 1. The summed E-state index contributed by atoms with van der Waals surface area (Å²) in [6, 6.07) is 15.2. The van der Waals surface area contributed by atoms with E-state index in [2.05, 4.69) is 16.4 Å². The minimum atomic E-state index is -0.0366. The van der Waals surface area contributed by atoms with Crippen LogP contribution in [0.2, 0.25) is 0 Å². The Morgan fingerprint density at radius 1 is 1.11 bits per heavy atom. The van der Waals surface area contributed by atoms with Gasteiger partial charge in [-0.05, 0) is 81.2 Å². The molecule has 1 aromatic heterocycles. The van der Waals surface area contributed by atoms with Crippen molar-refractivity contribution in [1.29, 1.82) is 0 Å². The van der Waals surface area contributed by atoms with Crippen LogP contribution in [0.1, 0.15) is 62.2 Å². The third kappa shape index (κ3) is 5.53. The SMILES string of the molecule is C[C@H](C(=O)NCCC1=CCCCC1)C1CCN(C(=O)c2ccc3oc(-c4ccccc4)nc3c2)CC1. The molecule has 1 aliphatic carbocycles. The summed E-state index contributed by atoms with van der Waals surface area (Å²) in [5.74, 6) is 0.970. The standard InChI is InChI=1S/C30H35N3O3/c1-21(28(34)31-17-14-22-8-4-2-5-9-22)23-15-18-33(19-16-23)30(35)25-12-13-27-26(20-25)32-29(36-27)24-10-6-3-7-11-24/h3,6-8,10-13,20-21,23H,2,4-5,9,14-19H2,1H3,(H,31,34)/t21-/m0/s1. The van der Waals surface area contributed by atoms with E-state index in [1.165, 1.54) is 31.3 Å². The lowest BCUT2D eigenvalue weighted by Gasteiger charge is -2.34. The summed E-state index contributed by atoms with van der Waals surface area (Å²) in [6.07, 6.45) is 9.91. The number of piperidine rings is 1. The number of nitrogens with zero attached hydrogens (tertiary/aromatic N) is 2. The van der Waals surface area contributed by atoms with E-state index in [0.717, 1.165) is 31.4 Å². The monoisotopic (exact) mass is 485 g/mol. The Morgan fingerprint density at radius 2 is 1.92 bits per heavy atom. The maximum Gasteiger partial charge on any atom is 0.253 e. The van der Waals surface area contributed by atoms with Crippen LogP contribution in [0.3, 0.4) is 0 Å². The molecular weight excluding hydrogens is 450 g/mol. The van der Waals surface area contributed by atoms with Gasteiger partial charge in [-0.1, -0.05) is 36.8 Å². The molecule has 1 N–H and O–H groups in total. The van der Waals surface area contributed by atoms with Gasteiger partial charge < -0.3 is 14.6 Å². The molecule has 2 heterocycles.